The first-order valence-corrected chi connectivity index (χ1v) is 4.85. The van der Waals surface area contributed by atoms with Crippen molar-refractivity contribution < 1.29 is 14.7 Å². The number of aliphatic carboxylic acids is 1. The fraction of sp³-hybridized carbons (Fsp3) is 0. The van der Waals surface area contributed by atoms with Gasteiger partial charge in [-0.15, -0.1) is 0 Å². The van der Waals surface area contributed by atoms with Gasteiger partial charge in [0, 0.05) is 22.3 Å². The molecule has 0 saturated carbocycles. The average Bonchev–Trinajstić information content (AvgIpc) is 2.19. The topological polar surface area (TPSA) is 66.4 Å². The zero-order chi connectivity index (χ0) is 11.3. The van der Waals surface area contributed by atoms with E-state index in [-0.39, 0.29) is 0 Å². The van der Waals surface area contributed by atoms with Gasteiger partial charge in [0.1, 0.15) is 0 Å². The Balaban J connectivity index is 2.59. The lowest BCUT2D eigenvalue weighted by atomic mass is 10.3. The normalized spacial score (nSPS) is 10.2. The third-order valence-electron chi connectivity index (χ3n) is 1.49. The summed E-state index contributed by atoms with van der Waals surface area (Å²) in [7, 11) is 0. The molecule has 2 N–H and O–H groups in total. The van der Waals surface area contributed by atoms with E-state index in [1.807, 2.05) is 0 Å². The van der Waals surface area contributed by atoms with E-state index in [1.54, 1.807) is 24.3 Å². The monoisotopic (exact) mass is 269 g/mol. The van der Waals surface area contributed by atoms with Crippen molar-refractivity contribution in [1.29, 1.82) is 0 Å². The van der Waals surface area contributed by atoms with Crippen LogP contribution in [0.4, 0.5) is 5.69 Å². The van der Waals surface area contributed by atoms with E-state index in [4.69, 9.17) is 5.11 Å². The second-order valence-corrected chi connectivity index (χ2v) is 3.58. The third-order valence-corrected chi connectivity index (χ3v) is 2.02. The van der Waals surface area contributed by atoms with Gasteiger partial charge in [0.25, 0.3) is 0 Å². The highest BCUT2D eigenvalue weighted by molar-refractivity contribution is 9.10. The molecule has 0 aliphatic rings. The molecule has 5 heteroatoms. The molecule has 0 radical (unpaired) electrons. The van der Waals surface area contributed by atoms with Crippen LogP contribution in [0.1, 0.15) is 0 Å². The van der Waals surface area contributed by atoms with Crippen LogP contribution in [0.5, 0.6) is 0 Å². The molecule has 0 bridgehead atoms. The van der Waals surface area contributed by atoms with Gasteiger partial charge in [-0.25, -0.2) is 4.79 Å². The molecule has 0 aromatic heterocycles. The number of amides is 1. The van der Waals surface area contributed by atoms with Gasteiger partial charge < -0.3 is 10.4 Å². The molecule has 1 aromatic carbocycles. The lowest BCUT2D eigenvalue weighted by molar-refractivity contribution is -0.131. The average molecular weight is 270 g/mol. The van der Waals surface area contributed by atoms with Crippen LogP contribution in [0, 0.1) is 0 Å². The van der Waals surface area contributed by atoms with E-state index >= 15 is 0 Å². The molecule has 0 aliphatic heterocycles. The summed E-state index contributed by atoms with van der Waals surface area (Å²) < 4.78 is 0.904. The van der Waals surface area contributed by atoms with E-state index in [9.17, 15) is 9.59 Å². The van der Waals surface area contributed by atoms with E-state index < -0.39 is 11.9 Å². The van der Waals surface area contributed by atoms with Crippen molar-refractivity contribution in [3.8, 4) is 0 Å². The molecule has 4 nitrogen and oxygen atoms in total. The van der Waals surface area contributed by atoms with Crippen molar-refractivity contribution in [3.05, 3.63) is 40.9 Å². The Morgan fingerprint density at radius 1 is 1.20 bits per heavy atom. The standard InChI is InChI=1S/C10H8BrNO3/c11-7-1-3-8(4-2-7)12-9(13)5-6-10(14)15/h1-6H,(H,12,13)(H,14,15)/b6-5+. The lowest BCUT2D eigenvalue weighted by Crippen LogP contribution is -2.08. The van der Waals surface area contributed by atoms with Gasteiger partial charge in [-0.05, 0) is 24.3 Å². The SMILES string of the molecule is O=C(O)/C=C/C(=O)Nc1ccc(Br)cc1. The minimum absolute atomic E-state index is 0.472. The number of carboxylic acids is 1. The fourth-order valence-electron chi connectivity index (χ4n) is 0.864. The van der Waals surface area contributed by atoms with Crippen LogP contribution in [-0.2, 0) is 9.59 Å². The van der Waals surface area contributed by atoms with Crippen LogP contribution in [0.25, 0.3) is 0 Å². The minimum atomic E-state index is -1.15. The van der Waals surface area contributed by atoms with Crippen LogP contribution in [0.3, 0.4) is 0 Å². The highest BCUT2D eigenvalue weighted by Gasteiger charge is 1.98. The maximum atomic E-state index is 11.1. The number of carbonyl (C=O) groups is 2. The Hall–Kier alpha value is -1.62. The predicted octanol–water partition coefficient (Wildman–Crippen LogP) is 2.03. The van der Waals surface area contributed by atoms with Crippen molar-refractivity contribution in [2.45, 2.75) is 0 Å². The first kappa shape index (κ1) is 11.5. The highest BCUT2D eigenvalue weighted by atomic mass is 79.9. The summed E-state index contributed by atoms with van der Waals surface area (Å²) in [5, 5.41) is 10.8. The van der Waals surface area contributed by atoms with Gasteiger partial charge in [0.05, 0.1) is 0 Å². The zero-order valence-corrected chi connectivity index (χ0v) is 9.19. The number of benzene rings is 1. The molecule has 0 fully saturated rings. The largest absolute Gasteiger partial charge is 0.478 e. The van der Waals surface area contributed by atoms with Crippen molar-refractivity contribution >= 4 is 33.5 Å². The molecule has 78 valence electrons. The Bertz CT molecular complexity index is 398. The summed E-state index contributed by atoms with van der Waals surface area (Å²) in [6.07, 6.45) is 1.75. The van der Waals surface area contributed by atoms with E-state index in [0.717, 1.165) is 16.6 Å². The molecule has 0 aliphatic carbocycles. The molecule has 1 rings (SSSR count). The smallest absolute Gasteiger partial charge is 0.328 e. The van der Waals surface area contributed by atoms with Crippen molar-refractivity contribution in [3.63, 3.8) is 0 Å². The number of nitrogens with one attached hydrogen (secondary N) is 1. The fourth-order valence-corrected chi connectivity index (χ4v) is 1.13. The number of halogens is 1. The van der Waals surface area contributed by atoms with E-state index in [0.29, 0.717) is 5.69 Å². The van der Waals surface area contributed by atoms with Gasteiger partial charge in [-0.2, -0.15) is 0 Å². The molecule has 0 saturated heterocycles. The number of carbonyl (C=O) groups excluding carboxylic acids is 1. The number of hydrogen-bond donors (Lipinski definition) is 2. The second-order valence-electron chi connectivity index (χ2n) is 2.67. The molecule has 0 heterocycles. The van der Waals surface area contributed by atoms with Crippen LogP contribution in [-0.4, -0.2) is 17.0 Å². The molecule has 15 heavy (non-hydrogen) atoms. The number of anilines is 1. The lowest BCUT2D eigenvalue weighted by Gasteiger charge is -2.00. The summed E-state index contributed by atoms with van der Waals surface area (Å²) >= 11 is 3.26. The Kier molecular flexibility index (Phi) is 4.05. The number of carboxylic acid groups (broad SMARTS) is 1. The summed E-state index contributed by atoms with van der Waals surface area (Å²) in [5.74, 6) is -1.62. The molecule has 0 unspecified atom stereocenters. The Morgan fingerprint density at radius 2 is 1.80 bits per heavy atom. The summed E-state index contributed by atoms with van der Waals surface area (Å²) in [4.78, 5) is 21.3. The molecule has 1 aromatic rings. The summed E-state index contributed by atoms with van der Waals surface area (Å²) in [6, 6.07) is 6.96. The number of hydrogen-bond acceptors (Lipinski definition) is 2. The van der Waals surface area contributed by atoms with E-state index in [2.05, 4.69) is 21.2 Å². The highest BCUT2D eigenvalue weighted by Crippen LogP contribution is 2.13. The van der Waals surface area contributed by atoms with Gasteiger partial charge in [-0.1, -0.05) is 15.9 Å². The van der Waals surface area contributed by atoms with Crippen LogP contribution in [0.15, 0.2) is 40.9 Å². The predicted molar refractivity (Wildman–Crippen MR) is 59.5 cm³/mol. The molecule has 0 spiro atoms. The molecular formula is C10H8BrNO3. The van der Waals surface area contributed by atoms with Gasteiger partial charge in [-0.3, -0.25) is 4.79 Å². The van der Waals surface area contributed by atoms with Crippen LogP contribution < -0.4 is 5.32 Å². The van der Waals surface area contributed by atoms with Crippen molar-refractivity contribution in [1.82, 2.24) is 0 Å². The molecular weight excluding hydrogens is 262 g/mol. The molecule has 1 amide bonds. The van der Waals surface area contributed by atoms with E-state index in [1.165, 1.54) is 0 Å². The maximum Gasteiger partial charge on any atom is 0.328 e. The minimum Gasteiger partial charge on any atom is -0.478 e. The van der Waals surface area contributed by atoms with Gasteiger partial charge in [0.15, 0.2) is 0 Å². The number of rotatable bonds is 3. The molecule has 0 atom stereocenters. The third kappa shape index (κ3) is 4.42. The van der Waals surface area contributed by atoms with Crippen LogP contribution >= 0.6 is 15.9 Å². The van der Waals surface area contributed by atoms with Crippen molar-refractivity contribution in [2.75, 3.05) is 5.32 Å². The zero-order valence-electron chi connectivity index (χ0n) is 7.61. The Morgan fingerprint density at radius 3 is 2.33 bits per heavy atom. The summed E-state index contributed by atoms with van der Waals surface area (Å²) in [5.41, 5.74) is 0.609. The Labute approximate surface area is 94.7 Å². The van der Waals surface area contributed by atoms with Gasteiger partial charge >= 0.3 is 5.97 Å². The van der Waals surface area contributed by atoms with Gasteiger partial charge in [0.2, 0.25) is 5.91 Å². The first-order valence-electron chi connectivity index (χ1n) is 4.05. The second kappa shape index (κ2) is 5.31. The van der Waals surface area contributed by atoms with Crippen LogP contribution in [0.2, 0.25) is 0 Å². The van der Waals surface area contributed by atoms with Crippen molar-refractivity contribution in [2.24, 2.45) is 0 Å². The quantitative estimate of drug-likeness (QED) is 0.826. The summed E-state index contributed by atoms with van der Waals surface area (Å²) in [6.45, 7) is 0. The first-order chi connectivity index (χ1) is 7.08. The maximum absolute atomic E-state index is 11.1.